The first-order valence-corrected chi connectivity index (χ1v) is 7.98. The predicted octanol–water partition coefficient (Wildman–Crippen LogP) is 2.61. The summed E-state index contributed by atoms with van der Waals surface area (Å²) in [7, 11) is 0. The number of nitrogens with one attached hydrogen (secondary N) is 1. The van der Waals surface area contributed by atoms with Crippen LogP contribution >= 0.6 is 0 Å². The average Bonchev–Trinajstić information content (AvgIpc) is 2.88. The van der Waals surface area contributed by atoms with Crippen LogP contribution in [0.4, 0.5) is 11.4 Å². The Hall–Kier alpha value is -3.34. The van der Waals surface area contributed by atoms with E-state index in [-0.39, 0.29) is 18.4 Å². The molecule has 0 fully saturated rings. The van der Waals surface area contributed by atoms with Crippen molar-refractivity contribution in [2.45, 2.75) is 0 Å². The molecular weight excluding hydrogens is 314 g/mol. The Labute approximate surface area is 146 Å². The van der Waals surface area contributed by atoms with Crippen molar-refractivity contribution in [3.05, 3.63) is 78.4 Å². The monoisotopic (exact) mass is 333 g/mol. The summed E-state index contributed by atoms with van der Waals surface area (Å²) in [6, 6.07) is 14.3. The molecule has 3 N–H and O–H groups in total. The molecule has 0 unspecified atom stereocenters. The van der Waals surface area contributed by atoms with Crippen LogP contribution in [0.1, 0.15) is 15.9 Å². The molecule has 2 amide bonds. The number of benzene rings is 2. The van der Waals surface area contributed by atoms with Gasteiger partial charge >= 0.3 is 0 Å². The van der Waals surface area contributed by atoms with Gasteiger partial charge in [-0.1, -0.05) is 30.4 Å². The van der Waals surface area contributed by atoms with Crippen molar-refractivity contribution in [1.29, 1.82) is 0 Å². The lowest BCUT2D eigenvalue weighted by Crippen LogP contribution is -2.27. The molecule has 126 valence electrons. The number of fused-ring (bicyclic) bond motifs is 1. The second-order valence-corrected chi connectivity index (χ2v) is 5.67. The van der Waals surface area contributed by atoms with Gasteiger partial charge in [-0.05, 0) is 30.3 Å². The number of para-hydroxylation sites is 1. The number of carbonyl (C=O) groups excluding carboxylic acids is 2. The van der Waals surface area contributed by atoms with Crippen LogP contribution in [0, 0.1) is 0 Å². The summed E-state index contributed by atoms with van der Waals surface area (Å²) < 4.78 is 0. The number of hydrogen-bond donors (Lipinski definition) is 2. The summed E-state index contributed by atoms with van der Waals surface area (Å²) in [5, 5.41) is 2.80. The highest BCUT2D eigenvalue weighted by molar-refractivity contribution is 6.32. The molecule has 0 saturated carbocycles. The van der Waals surface area contributed by atoms with Crippen molar-refractivity contribution in [2.24, 2.45) is 0 Å². The van der Waals surface area contributed by atoms with Crippen molar-refractivity contribution in [2.75, 3.05) is 23.7 Å². The maximum Gasteiger partial charge on any atom is 0.259 e. The van der Waals surface area contributed by atoms with Crippen LogP contribution in [-0.4, -0.2) is 24.9 Å². The molecule has 2 aromatic rings. The van der Waals surface area contributed by atoms with Crippen LogP contribution in [0.3, 0.4) is 0 Å². The highest BCUT2D eigenvalue weighted by Gasteiger charge is 2.30. The third kappa shape index (κ3) is 3.30. The Morgan fingerprint density at radius 2 is 1.88 bits per heavy atom. The van der Waals surface area contributed by atoms with Gasteiger partial charge < -0.3 is 16.0 Å². The van der Waals surface area contributed by atoms with E-state index >= 15 is 0 Å². The van der Waals surface area contributed by atoms with Gasteiger partial charge in [0.15, 0.2) is 0 Å². The zero-order chi connectivity index (χ0) is 17.8. The van der Waals surface area contributed by atoms with Crippen LogP contribution < -0.4 is 16.0 Å². The average molecular weight is 333 g/mol. The topological polar surface area (TPSA) is 75.4 Å². The van der Waals surface area contributed by atoms with E-state index in [2.05, 4.69) is 11.9 Å². The lowest BCUT2D eigenvalue weighted by atomic mass is 10.1. The van der Waals surface area contributed by atoms with E-state index in [9.17, 15) is 9.59 Å². The molecule has 25 heavy (non-hydrogen) atoms. The maximum absolute atomic E-state index is 12.6. The Kier molecular flexibility index (Phi) is 4.66. The van der Waals surface area contributed by atoms with Crippen molar-refractivity contribution < 1.29 is 9.59 Å². The number of nitrogen functional groups attached to an aromatic ring is 1. The molecular formula is C20H19N3O2. The third-order valence-corrected chi connectivity index (χ3v) is 4.01. The zero-order valence-corrected chi connectivity index (χ0v) is 13.7. The third-order valence-electron chi connectivity index (χ3n) is 4.01. The molecule has 3 rings (SSSR count). The second kappa shape index (κ2) is 7.05. The van der Waals surface area contributed by atoms with Crippen molar-refractivity contribution in [1.82, 2.24) is 5.32 Å². The number of amides is 2. The highest BCUT2D eigenvalue weighted by atomic mass is 16.2. The van der Waals surface area contributed by atoms with Gasteiger partial charge in [0, 0.05) is 35.5 Å². The molecule has 0 spiro atoms. The summed E-state index contributed by atoms with van der Waals surface area (Å²) in [5.74, 6) is -0.290. The van der Waals surface area contributed by atoms with Gasteiger partial charge in [0.25, 0.3) is 11.8 Å². The molecule has 1 heterocycles. The van der Waals surface area contributed by atoms with Gasteiger partial charge in [-0.15, -0.1) is 6.58 Å². The lowest BCUT2D eigenvalue weighted by molar-refractivity contribution is -0.112. The number of nitrogens with two attached hydrogens (primary N) is 1. The standard InChI is InChI=1S/C20H19N3O2/c1-2-13-23-18-6-4-3-5-16(18)17(20(23)25)11-12-22-19(24)14-7-9-15(21)10-8-14/h2-11H,1,12-13,21H2,(H,22,24)/b17-11-. The van der Waals surface area contributed by atoms with Gasteiger partial charge in [-0.25, -0.2) is 0 Å². The molecule has 5 heteroatoms. The molecule has 0 bridgehead atoms. The van der Waals surface area contributed by atoms with Crippen LogP contribution in [-0.2, 0) is 4.79 Å². The van der Waals surface area contributed by atoms with Crippen LogP contribution in [0.15, 0.2) is 67.3 Å². The number of rotatable bonds is 5. The number of nitrogens with zero attached hydrogens (tertiary/aromatic N) is 1. The molecule has 1 aliphatic heterocycles. The molecule has 1 aliphatic rings. The number of hydrogen-bond acceptors (Lipinski definition) is 3. The quantitative estimate of drug-likeness (QED) is 0.502. The van der Waals surface area contributed by atoms with E-state index in [0.29, 0.717) is 23.4 Å². The maximum atomic E-state index is 12.6. The summed E-state index contributed by atoms with van der Waals surface area (Å²) in [4.78, 5) is 26.4. The molecule has 0 atom stereocenters. The van der Waals surface area contributed by atoms with Crippen LogP contribution in [0.25, 0.3) is 5.57 Å². The molecule has 0 aromatic heterocycles. The fourth-order valence-electron chi connectivity index (χ4n) is 2.80. The van der Waals surface area contributed by atoms with E-state index in [4.69, 9.17) is 5.73 Å². The van der Waals surface area contributed by atoms with E-state index in [1.54, 1.807) is 41.3 Å². The van der Waals surface area contributed by atoms with E-state index in [1.165, 1.54) is 0 Å². The molecule has 0 saturated heterocycles. The van der Waals surface area contributed by atoms with Gasteiger partial charge in [0.1, 0.15) is 0 Å². The van der Waals surface area contributed by atoms with Crippen LogP contribution in [0.2, 0.25) is 0 Å². The van der Waals surface area contributed by atoms with Crippen molar-refractivity contribution >= 4 is 28.8 Å². The van der Waals surface area contributed by atoms with E-state index in [0.717, 1.165) is 11.3 Å². The summed E-state index contributed by atoms with van der Waals surface area (Å²) >= 11 is 0. The first-order valence-electron chi connectivity index (χ1n) is 7.98. The fourth-order valence-corrected chi connectivity index (χ4v) is 2.80. The minimum atomic E-state index is -0.210. The van der Waals surface area contributed by atoms with Gasteiger partial charge in [-0.3, -0.25) is 9.59 Å². The minimum Gasteiger partial charge on any atom is -0.399 e. The van der Waals surface area contributed by atoms with Gasteiger partial charge in [-0.2, -0.15) is 0 Å². The molecule has 0 aliphatic carbocycles. The zero-order valence-electron chi connectivity index (χ0n) is 13.7. The summed E-state index contributed by atoms with van der Waals surface area (Å²) in [6.07, 6.45) is 3.44. The molecule has 0 radical (unpaired) electrons. The summed E-state index contributed by atoms with van der Waals surface area (Å²) in [6.45, 7) is 4.42. The smallest absolute Gasteiger partial charge is 0.259 e. The predicted molar refractivity (Wildman–Crippen MR) is 100 cm³/mol. The van der Waals surface area contributed by atoms with Gasteiger partial charge in [0.2, 0.25) is 0 Å². The van der Waals surface area contributed by atoms with Crippen molar-refractivity contribution in [3.8, 4) is 0 Å². The second-order valence-electron chi connectivity index (χ2n) is 5.67. The highest BCUT2D eigenvalue weighted by Crippen LogP contribution is 2.36. The first kappa shape index (κ1) is 16.5. The first-order chi connectivity index (χ1) is 12.1. The largest absolute Gasteiger partial charge is 0.399 e. The van der Waals surface area contributed by atoms with Crippen molar-refractivity contribution in [3.63, 3.8) is 0 Å². The van der Waals surface area contributed by atoms with E-state index in [1.807, 2.05) is 24.3 Å². The van der Waals surface area contributed by atoms with E-state index < -0.39 is 0 Å². The summed E-state index contributed by atoms with van der Waals surface area (Å²) in [5.41, 5.74) is 9.08. The molecule has 5 nitrogen and oxygen atoms in total. The Morgan fingerprint density at radius 3 is 2.60 bits per heavy atom. The Bertz CT molecular complexity index is 853. The molecule has 2 aromatic carbocycles. The Balaban J connectivity index is 1.75. The number of anilines is 2. The minimum absolute atomic E-state index is 0.0807. The number of carbonyl (C=O) groups is 2. The SMILES string of the molecule is C=CCN1C(=O)/C(=C\CNC(=O)c2ccc(N)cc2)c2ccccc21. The fraction of sp³-hybridized carbons (Fsp3) is 0.100. The lowest BCUT2D eigenvalue weighted by Gasteiger charge is -2.13. The van der Waals surface area contributed by atoms with Gasteiger partial charge in [0.05, 0.1) is 5.69 Å². The Morgan fingerprint density at radius 1 is 1.16 bits per heavy atom. The van der Waals surface area contributed by atoms with Crippen LogP contribution in [0.5, 0.6) is 0 Å². The normalized spacial score (nSPS) is 14.5.